The average molecular weight is 360 g/mol. The fourth-order valence-electron chi connectivity index (χ4n) is 3.74. The van der Waals surface area contributed by atoms with Gasteiger partial charge in [0.2, 0.25) is 5.91 Å². The third-order valence-electron chi connectivity index (χ3n) is 5.13. The van der Waals surface area contributed by atoms with E-state index in [0.29, 0.717) is 18.5 Å². The molecule has 1 amide bonds. The lowest BCUT2D eigenvalue weighted by Crippen LogP contribution is -2.34. The average Bonchev–Trinajstić information content (AvgIpc) is 2.97. The van der Waals surface area contributed by atoms with Crippen molar-refractivity contribution in [3.05, 3.63) is 59.9 Å². The smallest absolute Gasteiger partial charge is 0.233 e. The Balaban J connectivity index is 1.73. The van der Waals surface area contributed by atoms with Gasteiger partial charge >= 0.3 is 0 Å². The maximum Gasteiger partial charge on any atom is 0.233 e. The molecule has 5 nitrogen and oxygen atoms in total. The highest BCUT2D eigenvalue weighted by Crippen LogP contribution is 2.39. The predicted octanol–water partition coefficient (Wildman–Crippen LogP) is 3.98. The van der Waals surface area contributed by atoms with Gasteiger partial charge in [0.05, 0.1) is 28.5 Å². The van der Waals surface area contributed by atoms with Gasteiger partial charge in [-0.2, -0.15) is 5.26 Å². The number of pyridine rings is 1. The Bertz CT molecular complexity index is 900. The summed E-state index contributed by atoms with van der Waals surface area (Å²) in [7, 11) is 0. The number of aliphatic imine (C=N–C) groups is 1. The zero-order valence-electron chi connectivity index (χ0n) is 16.0. The van der Waals surface area contributed by atoms with E-state index in [2.05, 4.69) is 11.1 Å². The van der Waals surface area contributed by atoms with Crippen LogP contribution in [0.5, 0.6) is 0 Å². The molecule has 1 aromatic carbocycles. The summed E-state index contributed by atoms with van der Waals surface area (Å²) >= 11 is 0. The Labute approximate surface area is 160 Å². The van der Waals surface area contributed by atoms with Crippen LogP contribution in [0.4, 0.5) is 5.69 Å². The van der Waals surface area contributed by atoms with Gasteiger partial charge in [-0.15, -0.1) is 0 Å². The zero-order chi connectivity index (χ0) is 19.4. The van der Waals surface area contributed by atoms with Gasteiger partial charge in [-0.3, -0.25) is 14.8 Å². The molecule has 1 aliphatic heterocycles. The van der Waals surface area contributed by atoms with Gasteiger partial charge in [0.1, 0.15) is 0 Å². The standard InChI is InChI=1S/C22H24N4O/c1-16(25-17(2)20-9-4-5-11-24-20)14-22(3)10-12-26(21(22)27)19-8-6-7-18(13-19)15-23/h4-9,11,13,16H,10,12,14H2,1-3H3. The Hall–Kier alpha value is -3.00. The quantitative estimate of drug-likeness (QED) is 0.757. The number of nitrogens with zero attached hydrogens (tertiary/aromatic N) is 4. The highest BCUT2D eigenvalue weighted by molar-refractivity contribution is 6.00. The van der Waals surface area contributed by atoms with Crippen molar-refractivity contribution in [3.8, 4) is 6.07 Å². The Kier molecular flexibility index (Phi) is 5.36. The van der Waals surface area contributed by atoms with Gasteiger partial charge in [0, 0.05) is 24.5 Å². The lowest BCUT2D eigenvalue weighted by Gasteiger charge is -2.25. The van der Waals surface area contributed by atoms with Gasteiger partial charge in [-0.25, -0.2) is 0 Å². The first-order valence-electron chi connectivity index (χ1n) is 9.21. The van der Waals surface area contributed by atoms with Crippen LogP contribution in [0.1, 0.15) is 44.9 Å². The molecule has 2 heterocycles. The van der Waals surface area contributed by atoms with Crippen molar-refractivity contribution < 1.29 is 4.79 Å². The molecule has 3 rings (SSSR count). The van der Waals surface area contributed by atoms with Gasteiger partial charge < -0.3 is 4.90 Å². The molecule has 2 unspecified atom stereocenters. The number of hydrogen-bond donors (Lipinski definition) is 0. The number of amides is 1. The van der Waals surface area contributed by atoms with Crippen molar-refractivity contribution in [2.24, 2.45) is 10.4 Å². The van der Waals surface area contributed by atoms with Gasteiger partial charge in [-0.05, 0) is 57.0 Å². The minimum atomic E-state index is -0.448. The van der Waals surface area contributed by atoms with E-state index < -0.39 is 5.41 Å². The van der Waals surface area contributed by atoms with Crippen molar-refractivity contribution in [3.63, 3.8) is 0 Å². The van der Waals surface area contributed by atoms with Crippen LogP contribution in [-0.2, 0) is 4.79 Å². The maximum absolute atomic E-state index is 13.1. The lowest BCUT2D eigenvalue weighted by molar-refractivity contribution is -0.125. The van der Waals surface area contributed by atoms with Crippen molar-refractivity contribution in [1.82, 2.24) is 4.98 Å². The number of carbonyl (C=O) groups excluding carboxylic acids is 1. The number of benzene rings is 1. The molecule has 0 aliphatic carbocycles. The van der Waals surface area contributed by atoms with Crippen LogP contribution in [0.15, 0.2) is 53.7 Å². The lowest BCUT2D eigenvalue weighted by atomic mass is 9.82. The van der Waals surface area contributed by atoms with E-state index in [9.17, 15) is 4.79 Å². The van der Waals surface area contributed by atoms with Crippen LogP contribution >= 0.6 is 0 Å². The van der Waals surface area contributed by atoms with E-state index in [1.807, 2.05) is 51.1 Å². The third-order valence-corrected chi connectivity index (χ3v) is 5.13. The summed E-state index contributed by atoms with van der Waals surface area (Å²) in [5, 5.41) is 9.10. The molecule has 5 heteroatoms. The van der Waals surface area contributed by atoms with Crippen LogP contribution < -0.4 is 4.90 Å². The molecule has 2 atom stereocenters. The van der Waals surface area contributed by atoms with E-state index in [4.69, 9.17) is 10.3 Å². The first kappa shape index (κ1) is 18.8. The highest BCUT2D eigenvalue weighted by Gasteiger charge is 2.44. The summed E-state index contributed by atoms with van der Waals surface area (Å²) in [6.45, 7) is 6.69. The number of hydrogen-bond acceptors (Lipinski definition) is 4. The summed E-state index contributed by atoms with van der Waals surface area (Å²) in [6, 6.07) is 15.2. The number of carbonyl (C=O) groups is 1. The van der Waals surface area contributed by atoms with E-state index in [0.717, 1.165) is 23.5 Å². The topological polar surface area (TPSA) is 69.3 Å². The van der Waals surface area contributed by atoms with Crippen LogP contribution in [0.2, 0.25) is 0 Å². The minimum absolute atomic E-state index is 0.0198. The summed E-state index contributed by atoms with van der Waals surface area (Å²) in [5.41, 5.74) is 2.66. The van der Waals surface area contributed by atoms with Crippen LogP contribution in [0, 0.1) is 16.7 Å². The summed E-state index contributed by atoms with van der Waals surface area (Å²) in [5.74, 6) is 0.107. The van der Waals surface area contributed by atoms with Crippen molar-refractivity contribution >= 4 is 17.3 Å². The molecule has 0 radical (unpaired) electrons. The second-order valence-corrected chi connectivity index (χ2v) is 7.41. The number of anilines is 1. The summed E-state index contributed by atoms with van der Waals surface area (Å²) < 4.78 is 0. The van der Waals surface area contributed by atoms with Crippen molar-refractivity contribution in [1.29, 1.82) is 5.26 Å². The Morgan fingerprint density at radius 3 is 2.89 bits per heavy atom. The number of rotatable bonds is 5. The van der Waals surface area contributed by atoms with E-state index >= 15 is 0 Å². The van der Waals surface area contributed by atoms with Gasteiger partial charge in [-0.1, -0.05) is 19.1 Å². The fourth-order valence-corrected chi connectivity index (χ4v) is 3.74. The van der Waals surface area contributed by atoms with Crippen LogP contribution in [-0.4, -0.2) is 29.2 Å². The molecule has 27 heavy (non-hydrogen) atoms. The molecule has 0 N–H and O–H groups in total. The molecule has 2 aromatic rings. The summed E-state index contributed by atoms with van der Waals surface area (Å²) in [4.78, 5) is 24.0. The second-order valence-electron chi connectivity index (χ2n) is 7.41. The molecular formula is C22H24N4O. The monoisotopic (exact) mass is 360 g/mol. The Morgan fingerprint density at radius 1 is 1.37 bits per heavy atom. The summed E-state index contributed by atoms with van der Waals surface area (Å²) in [6.07, 6.45) is 3.23. The largest absolute Gasteiger partial charge is 0.312 e. The molecule has 1 aliphatic rings. The normalized spacial score (nSPS) is 21.2. The first-order valence-corrected chi connectivity index (χ1v) is 9.21. The molecular weight excluding hydrogens is 336 g/mol. The van der Waals surface area contributed by atoms with E-state index in [-0.39, 0.29) is 11.9 Å². The third kappa shape index (κ3) is 4.06. The number of nitriles is 1. The molecule has 1 aromatic heterocycles. The molecule has 0 bridgehead atoms. The first-order chi connectivity index (χ1) is 12.9. The van der Waals surface area contributed by atoms with Crippen LogP contribution in [0.25, 0.3) is 0 Å². The molecule has 0 saturated carbocycles. The fraction of sp³-hybridized carbons (Fsp3) is 0.364. The maximum atomic E-state index is 13.1. The predicted molar refractivity (Wildman–Crippen MR) is 107 cm³/mol. The number of aromatic nitrogens is 1. The minimum Gasteiger partial charge on any atom is -0.312 e. The van der Waals surface area contributed by atoms with Crippen molar-refractivity contribution in [2.75, 3.05) is 11.4 Å². The highest BCUT2D eigenvalue weighted by atomic mass is 16.2. The zero-order valence-corrected chi connectivity index (χ0v) is 16.0. The van der Waals surface area contributed by atoms with Gasteiger partial charge in [0.25, 0.3) is 0 Å². The van der Waals surface area contributed by atoms with E-state index in [1.54, 1.807) is 23.2 Å². The van der Waals surface area contributed by atoms with Crippen molar-refractivity contribution in [2.45, 2.75) is 39.7 Å². The Morgan fingerprint density at radius 2 is 2.19 bits per heavy atom. The molecule has 1 saturated heterocycles. The molecule has 0 spiro atoms. The molecule has 138 valence electrons. The SMILES string of the molecule is CC(=NC(C)CC1(C)CCN(c2cccc(C#N)c2)C1=O)c1ccccn1. The van der Waals surface area contributed by atoms with E-state index in [1.165, 1.54) is 0 Å². The molecule has 1 fully saturated rings. The van der Waals surface area contributed by atoms with Gasteiger partial charge in [0.15, 0.2) is 0 Å². The second kappa shape index (κ2) is 7.71. The van der Waals surface area contributed by atoms with Crippen LogP contribution in [0.3, 0.4) is 0 Å².